The van der Waals surface area contributed by atoms with Crippen LogP contribution in [-0.2, 0) is 15.7 Å². The molecule has 0 bridgehead atoms. The first-order valence-corrected chi connectivity index (χ1v) is 7.42. The Morgan fingerprint density at radius 3 is 2.58 bits per heavy atom. The van der Waals surface area contributed by atoms with Crippen molar-refractivity contribution in [1.82, 2.24) is 0 Å². The molecule has 9 heteroatoms. The molecule has 0 atom stereocenters. The Labute approximate surface area is 150 Å². The van der Waals surface area contributed by atoms with E-state index in [1.807, 2.05) is 6.07 Å². The average molecular weight is 383 g/mol. The highest BCUT2D eigenvalue weighted by Crippen LogP contribution is 2.33. The van der Waals surface area contributed by atoms with E-state index in [9.17, 15) is 22.8 Å². The lowest BCUT2D eigenvalue weighted by atomic mass is 10.1. The summed E-state index contributed by atoms with van der Waals surface area (Å²) < 4.78 is 42.9. The van der Waals surface area contributed by atoms with E-state index >= 15 is 0 Å². The number of esters is 1. The lowest BCUT2D eigenvalue weighted by Crippen LogP contribution is -2.21. The summed E-state index contributed by atoms with van der Waals surface area (Å²) in [5.41, 5.74) is -0.940. The number of rotatable bonds is 4. The van der Waals surface area contributed by atoms with Gasteiger partial charge in [-0.05, 0) is 36.4 Å². The van der Waals surface area contributed by atoms with Crippen LogP contribution in [0.3, 0.4) is 0 Å². The summed E-state index contributed by atoms with van der Waals surface area (Å²) >= 11 is 5.76. The minimum absolute atomic E-state index is 0.0638. The summed E-state index contributed by atoms with van der Waals surface area (Å²) in [4.78, 5) is 23.6. The van der Waals surface area contributed by atoms with Crippen LogP contribution in [0.25, 0.3) is 0 Å². The van der Waals surface area contributed by atoms with Gasteiger partial charge in [0.2, 0.25) is 0 Å². The number of anilines is 1. The van der Waals surface area contributed by atoms with Crippen LogP contribution in [0.1, 0.15) is 21.5 Å². The number of nitriles is 1. The molecule has 0 aromatic heterocycles. The molecule has 5 nitrogen and oxygen atoms in total. The molecule has 1 amide bonds. The molecule has 134 valence electrons. The van der Waals surface area contributed by atoms with E-state index in [2.05, 4.69) is 5.32 Å². The molecule has 0 aliphatic rings. The molecule has 2 aromatic carbocycles. The van der Waals surface area contributed by atoms with Crippen molar-refractivity contribution in [2.45, 2.75) is 6.18 Å². The van der Waals surface area contributed by atoms with Crippen LogP contribution in [0.2, 0.25) is 5.02 Å². The summed E-state index contributed by atoms with van der Waals surface area (Å²) in [6, 6.07) is 9.94. The van der Waals surface area contributed by atoms with Gasteiger partial charge in [-0.25, -0.2) is 4.79 Å². The number of amides is 1. The van der Waals surface area contributed by atoms with Gasteiger partial charge in [-0.3, -0.25) is 4.79 Å². The number of nitrogens with one attached hydrogen (secondary N) is 1. The zero-order valence-electron chi connectivity index (χ0n) is 12.9. The van der Waals surface area contributed by atoms with E-state index in [1.54, 1.807) is 0 Å². The second-order valence-electron chi connectivity index (χ2n) is 5.01. The number of alkyl halides is 3. The van der Waals surface area contributed by atoms with Crippen LogP contribution in [0.5, 0.6) is 0 Å². The summed E-state index contributed by atoms with van der Waals surface area (Å²) in [6.07, 6.45) is -4.59. The maximum Gasteiger partial charge on any atom is 0.416 e. The molecular formula is C17H10ClF3N2O3. The van der Waals surface area contributed by atoms with Crippen LogP contribution in [-0.4, -0.2) is 18.5 Å². The fourth-order valence-electron chi connectivity index (χ4n) is 1.91. The van der Waals surface area contributed by atoms with Gasteiger partial charge in [-0.2, -0.15) is 18.4 Å². The SMILES string of the molecule is N#Cc1cccc(C(=O)OCC(=O)Nc2cc(C(F)(F)F)ccc2Cl)c1. The van der Waals surface area contributed by atoms with E-state index < -0.39 is 30.2 Å². The molecule has 1 N–H and O–H groups in total. The van der Waals surface area contributed by atoms with E-state index in [-0.39, 0.29) is 21.8 Å². The van der Waals surface area contributed by atoms with Crippen molar-refractivity contribution in [2.75, 3.05) is 11.9 Å². The number of benzene rings is 2. The predicted molar refractivity (Wildman–Crippen MR) is 86.5 cm³/mol. The van der Waals surface area contributed by atoms with Gasteiger partial charge in [0.25, 0.3) is 5.91 Å². The number of carbonyl (C=O) groups is 2. The zero-order chi connectivity index (χ0) is 19.3. The maximum absolute atomic E-state index is 12.7. The largest absolute Gasteiger partial charge is 0.452 e. The van der Waals surface area contributed by atoms with Crippen LogP contribution in [0, 0.1) is 11.3 Å². The summed E-state index contributed by atoms with van der Waals surface area (Å²) in [7, 11) is 0. The van der Waals surface area contributed by atoms with Gasteiger partial charge in [0.05, 0.1) is 33.5 Å². The molecule has 0 saturated heterocycles. The number of nitrogens with zero attached hydrogens (tertiary/aromatic N) is 1. The molecule has 0 saturated carbocycles. The van der Waals surface area contributed by atoms with Gasteiger partial charge >= 0.3 is 12.1 Å². The summed E-state index contributed by atoms with van der Waals surface area (Å²) in [5.74, 6) is -1.72. The van der Waals surface area contributed by atoms with Gasteiger partial charge in [-0.15, -0.1) is 0 Å². The topological polar surface area (TPSA) is 79.2 Å². The van der Waals surface area contributed by atoms with Gasteiger partial charge < -0.3 is 10.1 Å². The quantitative estimate of drug-likeness (QED) is 0.810. The second-order valence-corrected chi connectivity index (χ2v) is 5.42. The standard InChI is InChI=1S/C17H10ClF3N2O3/c18-13-5-4-12(17(19,20)21)7-14(13)23-15(24)9-26-16(25)11-3-1-2-10(6-11)8-22/h1-7H,9H2,(H,23,24). The Morgan fingerprint density at radius 1 is 1.19 bits per heavy atom. The van der Waals surface area contributed by atoms with Gasteiger partial charge in [-0.1, -0.05) is 17.7 Å². The Morgan fingerprint density at radius 2 is 1.92 bits per heavy atom. The number of halogens is 4. The lowest BCUT2D eigenvalue weighted by molar-refractivity contribution is -0.137. The minimum atomic E-state index is -4.59. The monoisotopic (exact) mass is 382 g/mol. The van der Waals surface area contributed by atoms with E-state index in [0.717, 1.165) is 12.1 Å². The number of carbonyl (C=O) groups excluding carboxylic acids is 2. The Hall–Kier alpha value is -3.05. The number of hydrogen-bond acceptors (Lipinski definition) is 4. The fourth-order valence-corrected chi connectivity index (χ4v) is 2.08. The molecule has 2 aromatic rings. The molecule has 2 rings (SSSR count). The third-order valence-corrected chi connectivity index (χ3v) is 3.46. The van der Waals surface area contributed by atoms with E-state index in [1.165, 1.54) is 24.3 Å². The van der Waals surface area contributed by atoms with Crippen molar-refractivity contribution < 1.29 is 27.5 Å². The third-order valence-electron chi connectivity index (χ3n) is 3.13. The van der Waals surface area contributed by atoms with Crippen LogP contribution in [0.4, 0.5) is 18.9 Å². The normalized spacial score (nSPS) is 10.7. The van der Waals surface area contributed by atoms with E-state index in [4.69, 9.17) is 21.6 Å². The smallest absolute Gasteiger partial charge is 0.416 e. The molecule has 0 heterocycles. The molecule has 26 heavy (non-hydrogen) atoms. The Bertz CT molecular complexity index is 892. The van der Waals surface area contributed by atoms with Gasteiger partial charge in [0.1, 0.15) is 0 Å². The highest BCUT2D eigenvalue weighted by molar-refractivity contribution is 6.33. The van der Waals surface area contributed by atoms with Crippen molar-refractivity contribution in [3.63, 3.8) is 0 Å². The lowest BCUT2D eigenvalue weighted by Gasteiger charge is -2.12. The Balaban J connectivity index is 2.01. The summed E-state index contributed by atoms with van der Waals surface area (Å²) in [5, 5.41) is 10.8. The van der Waals surface area contributed by atoms with Crippen LogP contribution in [0.15, 0.2) is 42.5 Å². The molecular weight excluding hydrogens is 373 g/mol. The third kappa shape index (κ3) is 4.97. The minimum Gasteiger partial charge on any atom is -0.452 e. The van der Waals surface area contributed by atoms with E-state index in [0.29, 0.717) is 6.07 Å². The highest BCUT2D eigenvalue weighted by Gasteiger charge is 2.31. The van der Waals surface area contributed by atoms with Crippen molar-refractivity contribution in [1.29, 1.82) is 5.26 Å². The number of hydrogen-bond donors (Lipinski definition) is 1. The molecule has 0 unspecified atom stereocenters. The number of ether oxygens (including phenoxy) is 1. The Kier molecular flexibility index (Phi) is 5.85. The first-order chi connectivity index (χ1) is 12.2. The van der Waals surface area contributed by atoms with Crippen molar-refractivity contribution >= 4 is 29.2 Å². The van der Waals surface area contributed by atoms with Crippen LogP contribution >= 0.6 is 11.6 Å². The van der Waals surface area contributed by atoms with Gasteiger partial charge in [0, 0.05) is 0 Å². The van der Waals surface area contributed by atoms with Crippen molar-refractivity contribution in [2.24, 2.45) is 0 Å². The predicted octanol–water partition coefficient (Wildman–Crippen LogP) is 4.03. The molecule has 0 aliphatic heterocycles. The zero-order valence-corrected chi connectivity index (χ0v) is 13.7. The van der Waals surface area contributed by atoms with Crippen molar-refractivity contribution in [3.05, 3.63) is 64.2 Å². The second kappa shape index (κ2) is 7.89. The maximum atomic E-state index is 12.7. The summed E-state index contributed by atoms with van der Waals surface area (Å²) in [6.45, 7) is -0.734. The van der Waals surface area contributed by atoms with Crippen LogP contribution < -0.4 is 5.32 Å². The first kappa shape index (κ1) is 19.3. The first-order valence-electron chi connectivity index (χ1n) is 7.04. The average Bonchev–Trinajstić information content (AvgIpc) is 2.60. The molecule has 0 radical (unpaired) electrons. The van der Waals surface area contributed by atoms with Gasteiger partial charge in [0.15, 0.2) is 6.61 Å². The molecule has 0 fully saturated rings. The van der Waals surface area contributed by atoms with Crippen molar-refractivity contribution in [3.8, 4) is 6.07 Å². The highest BCUT2D eigenvalue weighted by atomic mass is 35.5. The molecule has 0 aliphatic carbocycles. The molecule has 0 spiro atoms. The fraction of sp³-hybridized carbons (Fsp3) is 0.118.